The first-order chi connectivity index (χ1) is 15.1. The Morgan fingerprint density at radius 2 is 1.66 bits per heavy atom. The number of unbranched alkanes of at least 4 members (excludes halogenated alkanes) is 1. The van der Waals surface area contributed by atoms with E-state index in [9.17, 15) is 21.6 Å². The third-order valence-corrected chi connectivity index (χ3v) is 8.50. The molecule has 0 saturated carbocycles. The summed E-state index contributed by atoms with van der Waals surface area (Å²) >= 11 is 3.20. The summed E-state index contributed by atoms with van der Waals surface area (Å²) in [5.41, 5.74) is 0.957. The molecule has 2 aromatic rings. The van der Waals surface area contributed by atoms with E-state index in [-0.39, 0.29) is 29.4 Å². The standard InChI is InChI=1S/C21H27BrN2O6S2/c1-3-30-21(25)19(24-32(28,29)20-10-5-4-8-18(20)22)9-6-7-15-23-31(26,27)17-13-11-16(2)12-14-17/h4-5,8,10-14,19,23-24H,3,6-7,9,15H2,1-2H3. The van der Waals surface area contributed by atoms with E-state index in [0.29, 0.717) is 17.3 Å². The average molecular weight is 547 g/mol. The third kappa shape index (κ3) is 7.66. The summed E-state index contributed by atoms with van der Waals surface area (Å²) in [5, 5.41) is 0. The minimum atomic E-state index is -3.97. The predicted octanol–water partition coefficient (Wildman–Crippen LogP) is 3.12. The summed E-state index contributed by atoms with van der Waals surface area (Å²) in [6.07, 6.45) is 0.977. The summed E-state index contributed by atoms with van der Waals surface area (Å²) in [7, 11) is -7.60. The SMILES string of the molecule is CCOC(=O)C(CCCCNS(=O)(=O)c1ccc(C)cc1)NS(=O)(=O)c1ccccc1Br. The van der Waals surface area contributed by atoms with E-state index in [4.69, 9.17) is 4.74 Å². The van der Waals surface area contributed by atoms with Crippen LogP contribution in [0.5, 0.6) is 0 Å². The van der Waals surface area contributed by atoms with E-state index in [1.54, 1.807) is 37.3 Å². The molecule has 0 bridgehead atoms. The van der Waals surface area contributed by atoms with Gasteiger partial charge in [-0.1, -0.05) is 29.8 Å². The Labute approximate surface area is 198 Å². The summed E-state index contributed by atoms with van der Waals surface area (Å²) in [5.74, 6) is -0.677. The molecule has 1 atom stereocenters. The number of halogens is 1. The molecule has 1 unspecified atom stereocenters. The molecule has 0 radical (unpaired) electrons. The van der Waals surface area contributed by atoms with E-state index < -0.39 is 32.1 Å². The van der Waals surface area contributed by atoms with Crippen LogP contribution in [0.15, 0.2) is 62.8 Å². The molecule has 0 aliphatic rings. The van der Waals surface area contributed by atoms with Crippen molar-refractivity contribution in [1.82, 2.24) is 9.44 Å². The summed E-state index contributed by atoms with van der Waals surface area (Å²) in [4.78, 5) is 12.5. The second-order valence-electron chi connectivity index (χ2n) is 7.06. The molecule has 0 heterocycles. The van der Waals surface area contributed by atoms with Crippen LogP contribution in [0.3, 0.4) is 0 Å². The maximum atomic E-state index is 12.7. The van der Waals surface area contributed by atoms with Crippen LogP contribution in [0.2, 0.25) is 0 Å². The molecule has 0 aromatic heterocycles. The van der Waals surface area contributed by atoms with Crippen molar-refractivity contribution in [2.45, 2.75) is 48.9 Å². The van der Waals surface area contributed by atoms with E-state index >= 15 is 0 Å². The molecule has 0 aliphatic carbocycles. The van der Waals surface area contributed by atoms with E-state index in [0.717, 1.165) is 5.56 Å². The molecule has 0 fully saturated rings. The molecule has 2 aromatic carbocycles. The highest BCUT2D eigenvalue weighted by Crippen LogP contribution is 2.22. The molecule has 0 spiro atoms. The van der Waals surface area contributed by atoms with Crippen molar-refractivity contribution in [2.24, 2.45) is 0 Å². The van der Waals surface area contributed by atoms with Crippen LogP contribution in [0.1, 0.15) is 31.7 Å². The third-order valence-electron chi connectivity index (χ3n) is 4.54. The van der Waals surface area contributed by atoms with Gasteiger partial charge in [-0.25, -0.2) is 21.6 Å². The fourth-order valence-corrected chi connectivity index (χ4v) is 6.16. The lowest BCUT2D eigenvalue weighted by atomic mass is 10.1. The van der Waals surface area contributed by atoms with Gasteiger partial charge in [-0.15, -0.1) is 0 Å². The zero-order chi connectivity index (χ0) is 23.8. The number of ether oxygens (including phenoxy) is 1. The van der Waals surface area contributed by atoms with Gasteiger partial charge in [0.25, 0.3) is 0 Å². The number of esters is 1. The van der Waals surface area contributed by atoms with Crippen molar-refractivity contribution >= 4 is 41.9 Å². The minimum Gasteiger partial charge on any atom is -0.465 e. The smallest absolute Gasteiger partial charge is 0.324 e. The van der Waals surface area contributed by atoms with Crippen molar-refractivity contribution in [2.75, 3.05) is 13.2 Å². The highest BCUT2D eigenvalue weighted by molar-refractivity contribution is 9.10. The molecule has 0 saturated heterocycles. The Balaban J connectivity index is 1.96. The number of carbonyl (C=O) groups excluding carboxylic acids is 1. The van der Waals surface area contributed by atoms with Gasteiger partial charge in [0.1, 0.15) is 6.04 Å². The summed E-state index contributed by atoms with van der Waals surface area (Å²) < 4.78 is 60.4. The van der Waals surface area contributed by atoms with Crippen LogP contribution in [-0.2, 0) is 29.6 Å². The molecular weight excluding hydrogens is 520 g/mol. The molecule has 176 valence electrons. The van der Waals surface area contributed by atoms with Crippen LogP contribution in [-0.4, -0.2) is 42.0 Å². The van der Waals surface area contributed by atoms with Gasteiger partial charge in [-0.2, -0.15) is 4.72 Å². The normalized spacial score (nSPS) is 13.0. The number of nitrogens with one attached hydrogen (secondary N) is 2. The topological polar surface area (TPSA) is 119 Å². The second-order valence-corrected chi connectivity index (χ2v) is 11.4. The van der Waals surface area contributed by atoms with Gasteiger partial charge in [0.05, 0.1) is 16.4 Å². The summed E-state index contributed by atoms with van der Waals surface area (Å²) in [6.45, 7) is 3.77. The Morgan fingerprint density at radius 1 is 1.00 bits per heavy atom. The molecule has 0 aliphatic heterocycles. The number of sulfonamides is 2. The largest absolute Gasteiger partial charge is 0.465 e. The van der Waals surface area contributed by atoms with Crippen LogP contribution in [0.25, 0.3) is 0 Å². The van der Waals surface area contributed by atoms with E-state index in [1.807, 2.05) is 6.92 Å². The second kappa shape index (κ2) is 11.9. The number of hydrogen-bond acceptors (Lipinski definition) is 6. The van der Waals surface area contributed by atoms with Gasteiger partial charge in [0, 0.05) is 11.0 Å². The molecule has 0 amide bonds. The van der Waals surface area contributed by atoms with Gasteiger partial charge >= 0.3 is 5.97 Å². The average Bonchev–Trinajstić information content (AvgIpc) is 2.73. The molecular formula is C21H27BrN2O6S2. The highest BCUT2D eigenvalue weighted by Gasteiger charge is 2.27. The number of benzene rings is 2. The molecule has 2 N–H and O–H groups in total. The zero-order valence-corrected chi connectivity index (χ0v) is 21.1. The maximum absolute atomic E-state index is 12.7. The Bertz CT molecular complexity index is 1120. The zero-order valence-electron chi connectivity index (χ0n) is 17.9. The fraction of sp³-hybridized carbons (Fsp3) is 0.381. The first kappa shape index (κ1) is 26.5. The highest BCUT2D eigenvalue weighted by atomic mass is 79.9. The van der Waals surface area contributed by atoms with Crippen LogP contribution < -0.4 is 9.44 Å². The van der Waals surface area contributed by atoms with E-state index in [1.165, 1.54) is 18.2 Å². The van der Waals surface area contributed by atoms with Crippen LogP contribution in [0.4, 0.5) is 0 Å². The number of rotatable bonds is 12. The molecule has 8 nitrogen and oxygen atoms in total. The van der Waals surface area contributed by atoms with Crippen molar-refractivity contribution in [3.05, 3.63) is 58.6 Å². The fourth-order valence-electron chi connectivity index (χ4n) is 2.86. The predicted molar refractivity (Wildman–Crippen MR) is 125 cm³/mol. The monoisotopic (exact) mass is 546 g/mol. The lowest BCUT2D eigenvalue weighted by Crippen LogP contribution is -2.42. The Morgan fingerprint density at radius 3 is 2.28 bits per heavy atom. The van der Waals surface area contributed by atoms with Crippen molar-refractivity contribution in [1.29, 1.82) is 0 Å². The number of hydrogen-bond donors (Lipinski definition) is 2. The van der Waals surface area contributed by atoms with Crippen molar-refractivity contribution < 1.29 is 26.4 Å². The van der Waals surface area contributed by atoms with Gasteiger partial charge in [-0.3, -0.25) is 4.79 Å². The van der Waals surface area contributed by atoms with Crippen molar-refractivity contribution in [3.8, 4) is 0 Å². The van der Waals surface area contributed by atoms with Gasteiger partial charge < -0.3 is 4.74 Å². The number of carbonyl (C=O) groups is 1. The molecule has 32 heavy (non-hydrogen) atoms. The maximum Gasteiger partial charge on any atom is 0.324 e. The minimum absolute atomic E-state index is 0.0140. The Kier molecular flexibility index (Phi) is 9.83. The van der Waals surface area contributed by atoms with Crippen LogP contribution in [0, 0.1) is 6.92 Å². The van der Waals surface area contributed by atoms with Crippen molar-refractivity contribution in [3.63, 3.8) is 0 Å². The number of aryl methyl sites for hydroxylation is 1. The van der Waals surface area contributed by atoms with E-state index in [2.05, 4.69) is 25.4 Å². The molecule has 2 rings (SSSR count). The summed E-state index contributed by atoms with van der Waals surface area (Å²) in [6, 6.07) is 11.7. The van der Waals surface area contributed by atoms with Gasteiger partial charge in [0.2, 0.25) is 20.0 Å². The van der Waals surface area contributed by atoms with Gasteiger partial charge in [-0.05, 0) is 73.3 Å². The van der Waals surface area contributed by atoms with Crippen LogP contribution >= 0.6 is 15.9 Å². The van der Waals surface area contributed by atoms with Gasteiger partial charge in [0.15, 0.2) is 0 Å². The first-order valence-corrected chi connectivity index (χ1v) is 13.8. The lowest BCUT2D eigenvalue weighted by Gasteiger charge is -2.18. The quantitative estimate of drug-likeness (QED) is 0.312. The first-order valence-electron chi connectivity index (χ1n) is 10.1. The molecule has 11 heteroatoms. The lowest BCUT2D eigenvalue weighted by molar-refractivity contribution is -0.145. The Hall–Kier alpha value is -1.79.